The zero-order valence-corrected chi connectivity index (χ0v) is 12.6. The van der Waals surface area contributed by atoms with E-state index >= 15 is 0 Å². The van der Waals surface area contributed by atoms with Gasteiger partial charge in [-0.3, -0.25) is 0 Å². The van der Waals surface area contributed by atoms with E-state index in [4.69, 9.17) is 11.6 Å². The molecule has 0 spiro atoms. The molecule has 1 N–H and O–H groups in total. The van der Waals surface area contributed by atoms with Crippen LogP contribution in [0.1, 0.15) is 41.6 Å². The zero-order valence-electron chi connectivity index (χ0n) is 11.8. The van der Waals surface area contributed by atoms with E-state index in [1.54, 1.807) is 11.1 Å². The molecule has 0 bridgehead atoms. The SMILES string of the molecule is CC(NCc1ccc(Cl)cc1)c1ccc2c(c1)CCC2. The minimum absolute atomic E-state index is 0.372. The lowest BCUT2D eigenvalue weighted by Crippen LogP contribution is -2.18. The summed E-state index contributed by atoms with van der Waals surface area (Å²) in [6.07, 6.45) is 3.81. The van der Waals surface area contributed by atoms with Crippen LogP contribution in [-0.4, -0.2) is 0 Å². The lowest BCUT2D eigenvalue weighted by Gasteiger charge is -2.15. The molecule has 0 aliphatic heterocycles. The summed E-state index contributed by atoms with van der Waals surface area (Å²) in [4.78, 5) is 0. The number of hydrogen-bond acceptors (Lipinski definition) is 1. The maximum atomic E-state index is 5.90. The molecular weight excluding hydrogens is 266 g/mol. The zero-order chi connectivity index (χ0) is 13.9. The molecule has 3 rings (SSSR count). The summed E-state index contributed by atoms with van der Waals surface area (Å²) in [5.74, 6) is 0. The van der Waals surface area contributed by atoms with Crippen molar-refractivity contribution in [2.24, 2.45) is 0 Å². The lowest BCUT2D eigenvalue weighted by atomic mass is 10.0. The van der Waals surface area contributed by atoms with Gasteiger partial charge in [0.05, 0.1) is 0 Å². The van der Waals surface area contributed by atoms with Gasteiger partial charge in [0.25, 0.3) is 0 Å². The molecule has 1 nitrogen and oxygen atoms in total. The van der Waals surface area contributed by atoms with Gasteiger partial charge in [-0.25, -0.2) is 0 Å². The number of halogens is 1. The summed E-state index contributed by atoms with van der Waals surface area (Å²) in [6.45, 7) is 3.10. The van der Waals surface area contributed by atoms with E-state index in [0.29, 0.717) is 6.04 Å². The molecule has 0 radical (unpaired) electrons. The topological polar surface area (TPSA) is 12.0 Å². The first-order chi connectivity index (χ1) is 9.72. The first kappa shape index (κ1) is 13.7. The second-order valence-corrected chi connectivity index (χ2v) is 6.05. The van der Waals surface area contributed by atoms with E-state index in [-0.39, 0.29) is 0 Å². The Bertz CT molecular complexity index is 589. The summed E-state index contributed by atoms with van der Waals surface area (Å²) in [7, 11) is 0. The third-order valence-electron chi connectivity index (χ3n) is 4.15. The Morgan fingerprint density at radius 3 is 2.60 bits per heavy atom. The minimum atomic E-state index is 0.372. The largest absolute Gasteiger partial charge is 0.306 e. The van der Waals surface area contributed by atoms with Crippen LogP contribution in [0, 0.1) is 0 Å². The third-order valence-corrected chi connectivity index (χ3v) is 4.40. The average molecular weight is 286 g/mol. The third kappa shape index (κ3) is 3.05. The number of benzene rings is 2. The van der Waals surface area contributed by atoms with Gasteiger partial charge < -0.3 is 5.32 Å². The standard InChI is InChI=1S/C18H20ClN/c1-13(20-12-14-5-9-18(19)10-6-14)16-8-7-15-3-2-4-17(15)11-16/h5-11,13,20H,2-4,12H2,1H3. The predicted molar refractivity (Wildman–Crippen MR) is 85.2 cm³/mol. The predicted octanol–water partition coefficient (Wildman–Crippen LogP) is 4.68. The van der Waals surface area contributed by atoms with Crippen LogP contribution in [0.2, 0.25) is 5.02 Å². The highest BCUT2D eigenvalue weighted by Gasteiger charge is 2.13. The molecule has 0 saturated heterocycles. The molecule has 0 aromatic heterocycles. The Balaban J connectivity index is 1.64. The first-order valence-electron chi connectivity index (χ1n) is 7.32. The molecule has 0 amide bonds. The maximum Gasteiger partial charge on any atom is 0.0406 e. The van der Waals surface area contributed by atoms with Crippen LogP contribution in [0.3, 0.4) is 0 Å². The molecule has 1 aliphatic carbocycles. The molecule has 2 aromatic carbocycles. The van der Waals surface area contributed by atoms with Gasteiger partial charge in [-0.05, 0) is 60.6 Å². The van der Waals surface area contributed by atoms with E-state index < -0.39 is 0 Å². The fourth-order valence-electron chi connectivity index (χ4n) is 2.85. The summed E-state index contributed by atoms with van der Waals surface area (Å²) in [6, 6.07) is 15.4. The summed E-state index contributed by atoms with van der Waals surface area (Å²) in [5, 5.41) is 4.37. The highest BCUT2D eigenvalue weighted by atomic mass is 35.5. The van der Waals surface area contributed by atoms with Gasteiger partial charge in [0.2, 0.25) is 0 Å². The van der Waals surface area contributed by atoms with Crippen LogP contribution in [0.5, 0.6) is 0 Å². The number of aryl methyl sites for hydroxylation is 2. The quantitative estimate of drug-likeness (QED) is 0.860. The fourth-order valence-corrected chi connectivity index (χ4v) is 2.98. The second-order valence-electron chi connectivity index (χ2n) is 5.61. The highest BCUT2D eigenvalue weighted by Crippen LogP contribution is 2.25. The number of rotatable bonds is 4. The van der Waals surface area contributed by atoms with Crippen molar-refractivity contribution < 1.29 is 0 Å². The van der Waals surface area contributed by atoms with Crippen molar-refractivity contribution in [2.45, 2.75) is 38.8 Å². The van der Waals surface area contributed by atoms with Crippen LogP contribution in [0.4, 0.5) is 0 Å². The van der Waals surface area contributed by atoms with Gasteiger partial charge in [0.15, 0.2) is 0 Å². The van der Waals surface area contributed by atoms with Crippen molar-refractivity contribution >= 4 is 11.6 Å². The number of hydrogen-bond donors (Lipinski definition) is 1. The Kier molecular flexibility index (Phi) is 4.09. The van der Waals surface area contributed by atoms with E-state index in [2.05, 4.69) is 42.6 Å². The van der Waals surface area contributed by atoms with Gasteiger partial charge >= 0.3 is 0 Å². The summed E-state index contributed by atoms with van der Waals surface area (Å²) >= 11 is 5.90. The van der Waals surface area contributed by atoms with Crippen molar-refractivity contribution in [2.75, 3.05) is 0 Å². The Morgan fingerprint density at radius 2 is 1.80 bits per heavy atom. The Hall–Kier alpha value is -1.31. The number of fused-ring (bicyclic) bond motifs is 1. The molecule has 2 aromatic rings. The van der Waals surface area contributed by atoms with Gasteiger partial charge in [-0.1, -0.05) is 41.9 Å². The molecule has 1 aliphatic rings. The minimum Gasteiger partial charge on any atom is -0.306 e. The summed E-state index contributed by atoms with van der Waals surface area (Å²) in [5.41, 5.74) is 5.74. The molecular formula is C18H20ClN. The maximum absolute atomic E-state index is 5.90. The van der Waals surface area contributed by atoms with Crippen molar-refractivity contribution in [1.29, 1.82) is 0 Å². The van der Waals surface area contributed by atoms with Crippen molar-refractivity contribution in [3.8, 4) is 0 Å². The van der Waals surface area contributed by atoms with Crippen LogP contribution in [0.25, 0.3) is 0 Å². The molecule has 1 unspecified atom stereocenters. The Labute approximate surface area is 126 Å². The smallest absolute Gasteiger partial charge is 0.0406 e. The first-order valence-corrected chi connectivity index (χ1v) is 7.70. The fraction of sp³-hybridized carbons (Fsp3) is 0.333. The van der Waals surface area contributed by atoms with Gasteiger partial charge in [0.1, 0.15) is 0 Å². The van der Waals surface area contributed by atoms with E-state index in [9.17, 15) is 0 Å². The van der Waals surface area contributed by atoms with Crippen LogP contribution in [-0.2, 0) is 19.4 Å². The van der Waals surface area contributed by atoms with Crippen LogP contribution < -0.4 is 5.32 Å². The Morgan fingerprint density at radius 1 is 1.05 bits per heavy atom. The average Bonchev–Trinajstić information content (AvgIpc) is 2.93. The van der Waals surface area contributed by atoms with Crippen molar-refractivity contribution in [3.05, 3.63) is 69.7 Å². The molecule has 104 valence electrons. The van der Waals surface area contributed by atoms with Gasteiger partial charge in [0, 0.05) is 17.6 Å². The molecule has 2 heteroatoms. The molecule has 0 fully saturated rings. The van der Waals surface area contributed by atoms with Crippen molar-refractivity contribution in [1.82, 2.24) is 5.32 Å². The van der Waals surface area contributed by atoms with Gasteiger partial charge in [-0.15, -0.1) is 0 Å². The highest BCUT2D eigenvalue weighted by molar-refractivity contribution is 6.30. The molecule has 0 heterocycles. The molecule has 0 saturated carbocycles. The monoisotopic (exact) mass is 285 g/mol. The molecule has 20 heavy (non-hydrogen) atoms. The second kappa shape index (κ2) is 5.99. The van der Waals surface area contributed by atoms with E-state index in [1.807, 2.05) is 12.1 Å². The normalized spacial score (nSPS) is 15.1. The number of nitrogens with one attached hydrogen (secondary N) is 1. The van der Waals surface area contributed by atoms with Gasteiger partial charge in [-0.2, -0.15) is 0 Å². The molecule has 1 atom stereocenters. The van der Waals surface area contributed by atoms with E-state index in [1.165, 1.54) is 30.4 Å². The van der Waals surface area contributed by atoms with Crippen LogP contribution in [0.15, 0.2) is 42.5 Å². The van der Waals surface area contributed by atoms with Crippen LogP contribution >= 0.6 is 11.6 Å². The summed E-state index contributed by atoms with van der Waals surface area (Å²) < 4.78 is 0. The lowest BCUT2D eigenvalue weighted by molar-refractivity contribution is 0.574. The van der Waals surface area contributed by atoms with E-state index in [0.717, 1.165) is 11.6 Å². The van der Waals surface area contributed by atoms with Crippen molar-refractivity contribution in [3.63, 3.8) is 0 Å².